The van der Waals surface area contributed by atoms with Crippen molar-refractivity contribution in [3.05, 3.63) is 39.9 Å². The van der Waals surface area contributed by atoms with Crippen LogP contribution in [-0.2, 0) is 4.79 Å². The quantitative estimate of drug-likeness (QED) is 0.448. The fourth-order valence-corrected chi connectivity index (χ4v) is 1.44. The number of rotatable bonds is 2. The first kappa shape index (κ1) is 13.0. The monoisotopic (exact) mass is 235 g/mol. The smallest absolute Gasteiger partial charge is 0.269 e. The summed E-state index contributed by atoms with van der Waals surface area (Å²) in [7, 11) is 0. The molecular formula is C12H13NO4. The number of ketones is 1. The number of nitrogens with zero attached hydrogens (tertiary/aromatic N) is 1. The van der Waals surface area contributed by atoms with Gasteiger partial charge in [0.15, 0.2) is 0 Å². The van der Waals surface area contributed by atoms with Crippen molar-refractivity contribution in [2.75, 3.05) is 0 Å². The lowest BCUT2D eigenvalue weighted by molar-refractivity contribution is -0.384. The zero-order valence-electron chi connectivity index (χ0n) is 9.30. The van der Waals surface area contributed by atoms with Gasteiger partial charge in [-0.25, -0.2) is 0 Å². The van der Waals surface area contributed by atoms with Gasteiger partial charge in [0.05, 0.1) is 4.92 Å². The number of carbonyl (C=O) groups excluding carboxylic acids is 2. The molecule has 0 unspecified atom stereocenters. The Morgan fingerprint density at radius 2 is 1.65 bits per heavy atom. The Morgan fingerprint density at radius 1 is 1.12 bits per heavy atom. The van der Waals surface area contributed by atoms with Crippen molar-refractivity contribution in [2.45, 2.75) is 25.7 Å². The van der Waals surface area contributed by atoms with E-state index in [2.05, 4.69) is 0 Å². The molecule has 0 bridgehead atoms. The highest BCUT2D eigenvalue weighted by atomic mass is 16.6. The molecule has 1 aliphatic rings. The molecule has 1 aromatic rings. The molecule has 17 heavy (non-hydrogen) atoms. The Labute approximate surface area is 98.6 Å². The molecule has 90 valence electrons. The maximum Gasteiger partial charge on any atom is 0.269 e. The molecule has 0 aromatic heterocycles. The highest BCUT2D eigenvalue weighted by Crippen LogP contribution is 2.11. The Kier molecular flexibility index (Phi) is 5.00. The standard InChI is InChI=1S/C7H5NO3.C5H8O/c9-5-6-1-3-7(4-2-6)8(10)11;6-5-3-1-2-4-5/h1-5H;1-4H2. The van der Waals surface area contributed by atoms with E-state index in [0.29, 0.717) is 17.6 Å². The van der Waals surface area contributed by atoms with E-state index in [9.17, 15) is 19.7 Å². The summed E-state index contributed by atoms with van der Waals surface area (Å²) < 4.78 is 0. The van der Waals surface area contributed by atoms with Crippen molar-refractivity contribution in [3.8, 4) is 0 Å². The first-order valence-corrected chi connectivity index (χ1v) is 5.35. The molecule has 2 rings (SSSR count). The maximum absolute atomic E-state index is 10.2. The maximum atomic E-state index is 10.2. The SMILES string of the molecule is O=C1CCCC1.O=Cc1ccc([N+](=O)[O-])cc1. The minimum absolute atomic E-state index is 0.00407. The number of benzene rings is 1. The van der Waals surface area contributed by atoms with E-state index < -0.39 is 4.92 Å². The number of hydrogen-bond acceptors (Lipinski definition) is 4. The van der Waals surface area contributed by atoms with Crippen molar-refractivity contribution in [1.82, 2.24) is 0 Å². The van der Waals surface area contributed by atoms with Crippen molar-refractivity contribution >= 4 is 17.8 Å². The topological polar surface area (TPSA) is 77.3 Å². The van der Waals surface area contributed by atoms with Crippen LogP contribution >= 0.6 is 0 Å². The van der Waals surface area contributed by atoms with Crippen LogP contribution in [0.5, 0.6) is 0 Å². The predicted octanol–water partition coefficient (Wildman–Crippen LogP) is 2.54. The van der Waals surface area contributed by atoms with Gasteiger partial charge in [-0.05, 0) is 25.0 Å². The van der Waals surface area contributed by atoms with Crippen LogP contribution in [0.2, 0.25) is 0 Å². The number of nitro benzene ring substituents is 1. The van der Waals surface area contributed by atoms with Crippen LogP contribution in [-0.4, -0.2) is 17.0 Å². The summed E-state index contributed by atoms with van der Waals surface area (Å²) in [5.41, 5.74) is 0.436. The lowest BCUT2D eigenvalue weighted by Crippen LogP contribution is -1.87. The van der Waals surface area contributed by atoms with Crippen LogP contribution in [0.25, 0.3) is 0 Å². The van der Waals surface area contributed by atoms with Crippen LogP contribution < -0.4 is 0 Å². The van der Waals surface area contributed by atoms with E-state index in [1.54, 1.807) is 0 Å². The van der Waals surface area contributed by atoms with Crippen molar-refractivity contribution in [3.63, 3.8) is 0 Å². The molecule has 1 fully saturated rings. The van der Waals surface area contributed by atoms with Crippen LogP contribution in [0, 0.1) is 10.1 Å². The van der Waals surface area contributed by atoms with Crippen LogP contribution in [0.3, 0.4) is 0 Å². The Bertz CT molecular complexity index is 403. The highest BCUT2D eigenvalue weighted by Gasteiger charge is 2.07. The zero-order chi connectivity index (χ0) is 12.7. The molecule has 1 aromatic carbocycles. The second kappa shape index (κ2) is 6.52. The van der Waals surface area contributed by atoms with E-state index in [0.717, 1.165) is 25.7 Å². The van der Waals surface area contributed by atoms with E-state index in [-0.39, 0.29) is 5.69 Å². The molecule has 5 nitrogen and oxygen atoms in total. The molecule has 1 aliphatic carbocycles. The minimum atomic E-state index is -0.505. The summed E-state index contributed by atoms with van der Waals surface area (Å²) >= 11 is 0. The number of aldehydes is 1. The number of hydrogen-bond donors (Lipinski definition) is 0. The highest BCUT2D eigenvalue weighted by molar-refractivity contribution is 5.80. The van der Waals surface area contributed by atoms with Gasteiger partial charge in [-0.15, -0.1) is 0 Å². The average Bonchev–Trinajstić information content (AvgIpc) is 2.81. The third-order valence-electron chi connectivity index (χ3n) is 2.40. The van der Waals surface area contributed by atoms with Gasteiger partial charge in [0.25, 0.3) is 5.69 Å². The molecule has 0 N–H and O–H groups in total. The molecule has 0 radical (unpaired) electrons. The normalized spacial score (nSPS) is 13.8. The Morgan fingerprint density at radius 3 is 1.94 bits per heavy atom. The van der Waals surface area contributed by atoms with Gasteiger partial charge in [0, 0.05) is 30.5 Å². The minimum Gasteiger partial charge on any atom is -0.300 e. The average molecular weight is 235 g/mol. The molecular weight excluding hydrogens is 222 g/mol. The van der Waals surface area contributed by atoms with Gasteiger partial charge in [0.2, 0.25) is 0 Å². The summed E-state index contributed by atoms with van der Waals surface area (Å²) in [6, 6.07) is 5.41. The zero-order valence-corrected chi connectivity index (χ0v) is 9.30. The van der Waals surface area contributed by atoms with Gasteiger partial charge in [0.1, 0.15) is 12.1 Å². The molecule has 0 saturated heterocycles. The van der Waals surface area contributed by atoms with Gasteiger partial charge in [-0.1, -0.05) is 0 Å². The van der Waals surface area contributed by atoms with Gasteiger partial charge < -0.3 is 0 Å². The second-order valence-corrected chi connectivity index (χ2v) is 3.71. The van der Waals surface area contributed by atoms with Gasteiger partial charge in [-0.3, -0.25) is 19.7 Å². The summed E-state index contributed by atoms with van der Waals surface area (Å²) in [5.74, 6) is 0.454. The third-order valence-corrected chi connectivity index (χ3v) is 2.40. The lowest BCUT2D eigenvalue weighted by Gasteiger charge is -1.89. The molecule has 0 heterocycles. The summed E-state index contributed by atoms with van der Waals surface area (Å²) in [5, 5.41) is 10.1. The summed E-state index contributed by atoms with van der Waals surface area (Å²) in [4.78, 5) is 30.0. The first-order valence-electron chi connectivity index (χ1n) is 5.35. The summed E-state index contributed by atoms with van der Waals surface area (Å²) in [6.07, 6.45) is 4.61. The van der Waals surface area contributed by atoms with Crippen LogP contribution in [0.4, 0.5) is 5.69 Å². The second-order valence-electron chi connectivity index (χ2n) is 3.71. The van der Waals surface area contributed by atoms with Crippen molar-refractivity contribution in [1.29, 1.82) is 0 Å². The summed E-state index contributed by atoms with van der Waals surface area (Å²) in [6.45, 7) is 0. The van der Waals surface area contributed by atoms with E-state index >= 15 is 0 Å². The number of Topliss-reactive ketones (excluding diaryl/α,β-unsaturated/α-hetero) is 1. The predicted molar refractivity (Wildman–Crippen MR) is 62.0 cm³/mol. The molecule has 1 saturated carbocycles. The van der Waals surface area contributed by atoms with Gasteiger partial charge >= 0.3 is 0 Å². The van der Waals surface area contributed by atoms with E-state index in [1.165, 1.54) is 24.3 Å². The van der Waals surface area contributed by atoms with Crippen LogP contribution in [0.15, 0.2) is 24.3 Å². The molecule has 0 spiro atoms. The van der Waals surface area contributed by atoms with Crippen molar-refractivity contribution in [2.24, 2.45) is 0 Å². The molecule has 0 amide bonds. The number of non-ortho nitro benzene ring substituents is 1. The molecule has 0 atom stereocenters. The Hall–Kier alpha value is -2.04. The molecule has 5 heteroatoms. The fourth-order valence-electron chi connectivity index (χ4n) is 1.44. The van der Waals surface area contributed by atoms with Crippen molar-refractivity contribution < 1.29 is 14.5 Å². The third kappa shape index (κ3) is 4.55. The fraction of sp³-hybridized carbons (Fsp3) is 0.333. The largest absolute Gasteiger partial charge is 0.300 e. The van der Waals surface area contributed by atoms with Gasteiger partial charge in [-0.2, -0.15) is 0 Å². The number of carbonyl (C=O) groups is 2. The van der Waals surface area contributed by atoms with E-state index in [4.69, 9.17) is 0 Å². The first-order chi connectivity index (χ1) is 8.13. The number of nitro groups is 1. The van der Waals surface area contributed by atoms with Crippen LogP contribution in [0.1, 0.15) is 36.0 Å². The Balaban J connectivity index is 0.000000202. The lowest BCUT2D eigenvalue weighted by atomic mass is 10.2. The molecule has 0 aliphatic heterocycles. The van der Waals surface area contributed by atoms with E-state index in [1.807, 2.05) is 0 Å².